The lowest BCUT2D eigenvalue weighted by Crippen LogP contribution is -2.38. The molecule has 0 aliphatic carbocycles. The van der Waals surface area contributed by atoms with Crippen LogP contribution in [0, 0.1) is 18.3 Å². The molecule has 1 aliphatic heterocycles. The van der Waals surface area contributed by atoms with E-state index in [1.165, 1.54) is 21.8 Å². The van der Waals surface area contributed by atoms with Crippen LogP contribution in [0.25, 0.3) is 0 Å². The predicted molar refractivity (Wildman–Crippen MR) is 114 cm³/mol. The van der Waals surface area contributed by atoms with Crippen molar-refractivity contribution in [3.8, 4) is 6.07 Å². The number of nitriles is 1. The number of carbonyl (C=O) groups is 1. The first-order valence-electron chi connectivity index (χ1n) is 9.74. The Kier molecular flexibility index (Phi) is 5.31. The Balaban J connectivity index is 1.60. The van der Waals surface area contributed by atoms with Gasteiger partial charge < -0.3 is 10.2 Å². The van der Waals surface area contributed by atoms with Crippen molar-refractivity contribution < 1.29 is 4.79 Å². The van der Waals surface area contributed by atoms with Gasteiger partial charge >= 0.3 is 0 Å². The van der Waals surface area contributed by atoms with E-state index in [0.29, 0.717) is 29.4 Å². The predicted octanol–water partition coefficient (Wildman–Crippen LogP) is 2.62. The molecule has 0 saturated carbocycles. The number of anilines is 2. The lowest BCUT2D eigenvalue weighted by Gasteiger charge is -2.31. The first-order valence-corrected chi connectivity index (χ1v) is 9.74. The van der Waals surface area contributed by atoms with Crippen molar-refractivity contribution >= 4 is 17.5 Å². The molecule has 0 radical (unpaired) electrons. The quantitative estimate of drug-likeness (QED) is 0.728. The second kappa shape index (κ2) is 8.21. The first kappa shape index (κ1) is 19.4. The molecule has 7 heteroatoms. The van der Waals surface area contributed by atoms with Gasteiger partial charge in [0.05, 0.1) is 11.6 Å². The molecule has 1 N–H and O–H groups in total. The van der Waals surface area contributed by atoms with Crippen LogP contribution in [0.5, 0.6) is 0 Å². The van der Waals surface area contributed by atoms with Crippen LogP contribution < -0.4 is 15.8 Å². The fourth-order valence-corrected chi connectivity index (χ4v) is 3.67. The molecule has 1 aliphatic rings. The largest absolute Gasteiger partial charge is 0.337 e. The molecular weight excluding hydrogens is 378 g/mol. The van der Waals surface area contributed by atoms with Crippen molar-refractivity contribution in [2.45, 2.75) is 26.4 Å². The highest BCUT2D eigenvalue weighted by Crippen LogP contribution is 2.22. The van der Waals surface area contributed by atoms with Gasteiger partial charge in [-0.25, -0.2) is 4.98 Å². The van der Waals surface area contributed by atoms with Gasteiger partial charge in [-0.1, -0.05) is 30.3 Å². The summed E-state index contributed by atoms with van der Waals surface area (Å²) in [5.74, 6) is 0.145. The summed E-state index contributed by atoms with van der Waals surface area (Å²) in [5, 5.41) is 11.8. The number of aryl methyl sites for hydroxylation is 1. The van der Waals surface area contributed by atoms with E-state index in [-0.39, 0.29) is 18.0 Å². The van der Waals surface area contributed by atoms with Gasteiger partial charge in [-0.3, -0.25) is 14.2 Å². The maximum absolute atomic E-state index is 12.7. The third-order valence-corrected chi connectivity index (χ3v) is 5.11. The normalized spacial score (nSPS) is 12.7. The van der Waals surface area contributed by atoms with Gasteiger partial charge in [0.1, 0.15) is 6.54 Å². The minimum absolute atomic E-state index is 0.156. The smallest absolute Gasteiger partial charge is 0.255 e. The fraction of sp³-hybridized carbons (Fsp3) is 0.217. The molecule has 0 saturated heterocycles. The molecular formula is C23H21N5O2. The number of aromatic nitrogens is 2. The van der Waals surface area contributed by atoms with Gasteiger partial charge in [-0.2, -0.15) is 5.26 Å². The van der Waals surface area contributed by atoms with Crippen molar-refractivity contribution in [1.29, 1.82) is 5.26 Å². The van der Waals surface area contributed by atoms with E-state index in [1.54, 1.807) is 31.2 Å². The maximum Gasteiger partial charge on any atom is 0.255 e. The van der Waals surface area contributed by atoms with E-state index in [0.717, 1.165) is 13.0 Å². The fourth-order valence-electron chi connectivity index (χ4n) is 3.67. The monoisotopic (exact) mass is 399 g/mol. The molecule has 30 heavy (non-hydrogen) atoms. The van der Waals surface area contributed by atoms with Crippen LogP contribution in [0.15, 0.2) is 59.4 Å². The van der Waals surface area contributed by atoms with Gasteiger partial charge in [-0.15, -0.1) is 0 Å². The number of benzene rings is 2. The molecule has 0 spiro atoms. The van der Waals surface area contributed by atoms with E-state index in [4.69, 9.17) is 5.26 Å². The number of rotatable bonds is 4. The number of hydrogen-bond acceptors (Lipinski definition) is 5. The number of carbonyl (C=O) groups excluding carboxylic acids is 1. The Morgan fingerprint density at radius 2 is 1.97 bits per heavy atom. The number of fused-ring (bicyclic) bond motifs is 1. The Hall–Kier alpha value is -3.92. The topological polar surface area (TPSA) is 91.0 Å². The highest BCUT2D eigenvalue weighted by Gasteiger charge is 2.22. The average Bonchev–Trinajstić information content (AvgIpc) is 2.75. The van der Waals surface area contributed by atoms with Gasteiger partial charge in [0.25, 0.3) is 5.56 Å². The maximum atomic E-state index is 12.7. The minimum atomic E-state index is -0.350. The summed E-state index contributed by atoms with van der Waals surface area (Å²) < 4.78 is 1.41. The Labute approximate surface area is 174 Å². The van der Waals surface area contributed by atoms with Gasteiger partial charge in [0, 0.05) is 30.5 Å². The van der Waals surface area contributed by atoms with Gasteiger partial charge in [-0.05, 0) is 42.7 Å². The lowest BCUT2D eigenvalue weighted by molar-refractivity contribution is -0.116. The Morgan fingerprint density at radius 3 is 2.77 bits per heavy atom. The molecule has 7 nitrogen and oxygen atoms in total. The summed E-state index contributed by atoms with van der Waals surface area (Å²) in [6.07, 6.45) is 0.854. The van der Waals surface area contributed by atoms with Crippen LogP contribution in [0.4, 0.5) is 11.6 Å². The SMILES string of the molecule is Cc1cc(=O)n(CC(=O)Nc2cccc(C#N)c2)c(N2CCc3ccccc3C2)n1. The van der Waals surface area contributed by atoms with E-state index in [9.17, 15) is 9.59 Å². The minimum Gasteiger partial charge on any atom is -0.337 e. The molecule has 2 heterocycles. The second-order valence-corrected chi connectivity index (χ2v) is 7.30. The van der Waals surface area contributed by atoms with Crippen LogP contribution >= 0.6 is 0 Å². The van der Waals surface area contributed by atoms with Crippen molar-refractivity contribution in [2.75, 3.05) is 16.8 Å². The molecule has 2 aromatic carbocycles. The standard InChI is InChI=1S/C23H21N5O2/c1-16-11-22(30)28(15-21(29)26-20-8-4-5-17(12-20)13-24)23(25-16)27-10-9-18-6-2-3-7-19(18)14-27/h2-8,11-12H,9-10,14-15H2,1H3,(H,26,29). The highest BCUT2D eigenvalue weighted by atomic mass is 16.2. The van der Waals surface area contributed by atoms with E-state index in [1.807, 2.05) is 23.1 Å². The molecule has 150 valence electrons. The van der Waals surface area contributed by atoms with Crippen LogP contribution in [-0.2, 0) is 24.3 Å². The summed E-state index contributed by atoms with van der Waals surface area (Å²) >= 11 is 0. The third-order valence-electron chi connectivity index (χ3n) is 5.11. The Morgan fingerprint density at radius 1 is 1.17 bits per heavy atom. The van der Waals surface area contributed by atoms with E-state index >= 15 is 0 Å². The van der Waals surface area contributed by atoms with Crippen LogP contribution in [-0.4, -0.2) is 22.0 Å². The zero-order valence-electron chi connectivity index (χ0n) is 16.6. The third kappa shape index (κ3) is 4.08. The number of nitrogens with zero attached hydrogens (tertiary/aromatic N) is 4. The molecule has 0 atom stereocenters. The summed E-state index contributed by atoms with van der Waals surface area (Å²) in [6.45, 7) is 2.98. The number of amides is 1. The summed E-state index contributed by atoms with van der Waals surface area (Å²) in [7, 11) is 0. The van der Waals surface area contributed by atoms with E-state index in [2.05, 4.69) is 22.4 Å². The van der Waals surface area contributed by atoms with Crippen molar-refractivity contribution in [3.05, 3.63) is 87.3 Å². The van der Waals surface area contributed by atoms with Crippen molar-refractivity contribution in [3.63, 3.8) is 0 Å². The summed E-state index contributed by atoms with van der Waals surface area (Å²) in [6, 6.07) is 18.4. The summed E-state index contributed by atoms with van der Waals surface area (Å²) in [4.78, 5) is 32.0. The van der Waals surface area contributed by atoms with E-state index < -0.39 is 0 Å². The number of hydrogen-bond donors (Lipinski definition) is 1. The van der Waals surface area contributed by atoms with Crippen LogP contribution in [0.3, 0.4) is 0 Å². The van der Waals surface area contributed by atoms with Crippen molar-refractivity contribution in [1.82, 2.24) is 9.55 Å². The van der Waals surface area contributed by atoms with Gasteiger partial charge in [0.15, 0.2) is 0 Å². The zero-order valence-corrected chi connectivity index (χ0v) is 16.6. The van der Waals surface area contributed by atoms with Crippen molar-refractivity contribution in [2.24, 2.45) is 0 Å². The molecule has 1 aromatic heterocycles. The van der Waals surface area contributed by atoms with Gasteiger partial charge in [0.2, 0.25) is 11.9 Å². The molecule has 0 unspecified atom stereocenters. The first-order chi connectivity index (χ1) is 14.5. The lowest BCUT2D eigenvalue weighted by atomic mass is 10.0. The molecule has 4 rings (SSSR count). The van der Waals surface area contributed by atoms with Crippen LogP contribution in [0.1, 0.15) is 22.4 Å². The average molecular weight is 399 g/mol. The molecule has 3 aromatic rings. The highest BCUT2D eigenvalue weighted by molar-refractivity contribution is 5.90. The molecule has 0 bridgehead atoms. The Bertz CT molecular complexity index is 1210. The van der Waals surface area contributed by atoms with Crippen LogP contribution in [0.2, 0.25) is 0 Å². The zero-order chi connectivity index (χ0) is 21.1. The molecule has 1 amide bonds. The summed E-state index contributed by atoms with van der Waals surface area (Å²) in [5.41, 5.74) is 3.81. The number of nitrogens with one attached hydrogen (secondary N) is 1. The molecule has 0 fully saturated rings. The second-order valence-electron chi connectivity index (χ2n) is 7.30.